The van der Waals surface area contributed by atoms with Gasteiger partial charge in [-0.25, -0.2) is 0 Å². The normalized spacial score (nSPS) is 17.9. The molecule has 104 valence electrons. The van der Waals surface area contributed by atoms with Gasteiger partial charge >= 0.3 is 0 Å². The topological polar surface area (TPSA) is 12.0 Å². The lowest BCUT2D eigenvalue weighted by atomic mass is 9.87. The number of hydrogen-bond donors (Lipinski definition) is 1. The lowest BCUT2D eigenvalue weighted by molar-refractivity contribution is 0.599. The number of benzene rings is 2. The van der Waals surface area contributed by atoms with Gasteiger partial charge in [-0.2, -0.15) is 0 Å². The molecule has 1 nitrogen and oxygen atoms in total. The summed E-state index contributed by atoms with van der Waals surface area (Å²) >= 11 is 0. The van der Waals surface area contributed by atoms with E-state index in [9.17, 15) is 0 Å². The van der Waals surface area contributed by atoms with E-state index in [1.807, 2.05) is 0 Å². The quantitative estimate of drug-likeness (QED) is 0.794. The highest BCUT2D eigenvalue weighted by atomic mass is 14.9. The van der Waals surface area contributed by atoms with Crippen LogP contribution in [0.1, 0.15) is 55.3 Å². The van der Waals surface area contributed by atoms with Gasteiger partial charge in [-0.15, -0.1) is 0 Å². The van der Waals surface area contributed by atoms with Crippen LogP contribution in [0.15, 0.2) is 48.5 Å². The van der Waals surface area contributed by atoms with Gasteiger partial charge in [0, 0.05) is 5.69 Å². The zero-order valence-corrected chi connectivity index (χ0v) is 12.4. The first-order valence-electron chi connectivity index (χ1n) is 7.69. The summed E-state index contributed by atoms with van der Waals surface area (Å²) in [5.74, 6) is 0.553. The summed E-state index contributed by atoms with van der Waals surface area (Å²) in [4.78, 5) is 0. The molecular formula is C19H23N. The molecule has 2 aromatic carbocycles. The molecule has 0 radical (unpaired) electrons. The van der Waals surface area contributed by atoms with Gasteiger partial charge < -0.3 is 5.32 Å². The molecule has 1 unspecified atom stereocenters. The molecule has 1 aliphatic carbocycles. The van der Waals surface area contributed by atoms with Crippen LogP contribution in [0.4, 0.5) is 5.69 Å². The molecule has 0 saturated carbocycles. The van der Waals surface area contributed by atoms with Gasteiger partial charge in [0.05, 0.1) is 6.04 Å². The van der Waals surface area contributed by atoms with Crippen LogP contribution in [0.5, 0.6) is 0 Å². The molecule has 0 amide bonds. The maximum Gasteiger partial charge on any atom is 0.0516 e. The van der Waals surface area contributed by atoms with Crippen LogP contribution in [0.25, 0.3) is 0 Å². The van der Waals surface area contributed by atoms with E-state index >= 15 is 0 Å². The number of aryl methyl sites for hydroxylation is 1. The number of rotatable bonds is 3. The third-order valence-electron chi connectivity index (χ3n) is 4.28. The van der Waals surface area contributed by atoms with E-state index in [0.29, 0.717) is 12.0 Å². The zero-order valence-electron chi connectivity index (χ0n) is 12.4. The predicted molar refractivity (Wildman–Crippen MR) is 86.3 cm³/mol. The first-order chi connectivity index (χ1) is 9.75. The molecule has 0 spiro atoms. The summed E-state index contributed by atoms with van der Waals surface area (Å²) < 4.78 is 0. The van der Waals surface area contributed by atoms with E-state index in [4.69, 9.17) is 0 Å². The Morgan fingerprint density at radius 2 is 1.75 bits per heavy atom. The Bertz CT molecular complexity index is 586. The number of hydrogen-bond acceptors (Lipinski definition) is 1. The minimum atomic E-state index is 0.458. The van der Waals surface area contributed by atoms with Crippen molar-refractivity contribution in [1.29, 1.82) is 0 Å². The lowest BCUT2D eigenvalue weighted by Gasteiger charge is -2.28. The fourth-order valence-electron chi connectivity index (χ4n) is 3.22. The second-order valence-electron chi connectivity index (χ2n) is 6.03. The van der Waals surface area contributed by atoms with E-state index < -0.39 is 0 Å². The van der Waals surface area contributed by atoms with Gasteiger partial charge in [-0.3, -0.25) is 0 Å². The first kappa shape index (κ1) is 13.2. The first-order valence-corrected chi connectivity index (χ1v) is 7.69. The summed E-state index contributed by atoms with van der Waals surface area (Å²) in [6.45, 7) is 4.52. The second kappa shape index (κ2) is 5.70. The number of nitrogens with one attached hydrogen (secondary N) is 1. The van der Waals surface area contributed by atoms with Gasteiger partial charge in [-0.1, -0.05) is 56.3 Å². The van der Waals surface area contributed by atoms with E-state index in [0.717, 1.165) is 0 Å². The molecular weight excluding hydrogens is 242 g/mol. The summed E-state index contributed by atoms with van der Waals surface area (Å²) in [5, 5.41) is 3.79. The fraction of sp³-hybridized carbons (Fsp3) is 0.368. The smallest absolute Gasteiger partial charge is 0.0516 e. The number of fused-ring (bicyclic) bond motifs is 1. The largest absolute Gasteiger partial charge is 0.378 e. The van der Waals surface area contributed by atoms with Crippen molar-refractivity contribution < 1.29 is 0 Å². The Morgan fingerprint density at radius 1 is 1.00 bits per heavy atom. The average Bonchev–Trinajstić information content (AvgIpc) is 2.48. The Balaban J connectivity index is 1.90. The van der Waals surface area contributed by atoms with Gasteiger partial charge in [0.25, 0.3) is 0 Å². The molecule has 0 fully saturated rings. The van der Waals surface area contributed by atoms with Gasteiger partial charge in [-0.05, 0) is 47.9 Å². The molecule has 0 aromatic heterocycles. The lowest BCUT2D eigenvalue weighted by Crippen LogP contribution is -2.18. The monoisotopic (exact) mass is 265 g/mol. The van der Waals surface area contributed by atoms with Gasteiger partial charge in [0.1, 0.15) is 0 Å². The van der Waals surface area contributed by atoms with Gasteiger partial charge in [0.2, 0.25) is 0 Å². The Hall–Kier alpha value is -1.76. The third kappa shape index (κ3) is 2.58. The van der Waals surface area contributed by atoms with Crippen LogP contribution >= 0.6 is 0 Å². The van der Waals surface area contributed by atoms with E-state index in [1.165, 1.54) is 41.6 Å². The van der Waals surface area contributed by atoms with Crippen LogP contribution in [0, 0.1) is 0 Å². The minimum absolute atomic E-state index is 0.458. The van der Waals surface area contributed by atoms with E-state index in [1.54, 1.807) is 0 Å². The Morgan fingerprint density at radius 3 is 2.60 bits per heavy atom. The summed E-state index contributed by atoms with van der Waals surface area (Å²) in [6.07, 6.45) is 3.72. The van der Waals surface area contributed by atoms with Crippen LogP contribution in [0.3, 0.4) is 0 Å². The van der Waals surface area contributed by atoms with Crippen LogP contribution in [0.2, 0.25) is 0 Å². The summed E-state index contributed by atoms with van der Waals surface area (Å²) in [5.41, 5.74) is 5.70. The van der Waals surface area contributed by atoms with E-state index in [-0.39, 0.29) is 0 Å². The molecule has 0 heterocycles. The highest BCUT2D eigenvalue weighted by Gasteiger charge is 2.20. The predicted octanol–water partition coefficient (Wildman–Crippen LogP) is 5.30. The van der Waals surface area contributed by atoms with Crippen molar-refractivity contribution in [3.05, 3.63) is 65.2 Å². The molecule has 1 N–H and O–H groups in total. The van der Waals surface area contributed by atoms with Crippen molar-refractivity contribution in [1.82, 2.24) is 0 Å². The van der Waals surface area contributed by atoms with Crippen molar-refractivity contribution in [2.45, 2.75) is 45.1 Å². The highest BCUT2D eigenvalue weighted by Crippen LogP contribution is 2.34. The molecule has 0 bridgehead atoms. The SMILES string of the molecule is CC(C)c1ccccc1NC1CCCc2ccccc21. The molecule has 2 aromatic rings. The molecule has 0 saturated heterocycles. The summed E-state index contributed by atoms with van der Waals surface area (Å²) in [7, 11) is 0. The second-order valence-corrected chi connectivity index (χ2v) is 6.03. The average molecular weight is 265 g/mol. The van der Waals surface area contributed by atoms with Crippen molar-refractivity contribution in [2.75, 3.05) is 5.32 Å². The standard InChI is InChI=1S/C19H23N/c1-14(2)16-10-5-6-12-18(16)20-19-13-7-9-15-8-3-4-11-17(15)19/h3-6,8,10-12,14,19-20H,7,9,13H2,1-2H3. The van der Waals surface area contributed by atoms with Crippen molar-refractivity contribution >= 4 is 5.69 Å². The van der Waals surface area contributed by atoms with Gasteiger partial charge in [0.15, 0.2) is 0 Å². The number of para-hydroxylation sites is 1. The minimum Gasteiger partial charge on any atom is -0.378 e. The van der Waals surface area contributed by atoms with Crippen LogP contribution in [-0.2, 0) is 6.42 Å². The maximum absolute atomic E-state index is 3.79. The molecule has 20 heavy (non-hydrogen) atoms. The fourth-order valence-corrected chi connectivity index (χ4v) is 3.22. The zero-order chi connectivity index (χ0) is 13.9. The van der Waals surface area contributed by atoms with Crippen molar-refractivity contribution in [3.63, 3.8) is 0 Å². The van der Waals surface area contributed by atoms with E-state index in [2.05, 4.69) is 67.7 Å². The van der Waals surface area contributed by atoms with Crippen molar-refractivity contribution in [2.24, 2.45) is 0 Å². The van der Waals surface area contributed by atoms with Crippen LogP contribution in [-0.4, -0.2) is 0 Å². The van der Waals surface area contributed by atoms with Crippen molar-refractivity contribution in [3.8, 4) is 0 Å². The third-order valence-corrected chi connectivity index (χ3v) is 4.28. The van der Waals surface area contributed by atoms with Crippen LogP contribution < -0.4 is 5.32 Å². The maximum atomic E-state index is 3.79. The molecule has 0 aliphatic heterocycles. The Kier molecular flexibility index (Phi) is 3.77. The highest BCUT2D eigenvalue weighted by molar-refractivity contribution is 5.54. The molecule has 1 heteroatoms. The number of anilines is 1. The molecule has 3 rings (SSSR count). The summed E-state index contributed by atoms with van der Waals surface area (Å²) in [6, 6.07) is 18.0. The Labute approximate surface area is 122 Å². The molecule has 1 atom stereocenters. The molecule has 1 aliphatic rings.